The van der Waals surface area contributed by atoms with Crippen molar-refractivity contribution in [3.05, 3.63) is 33.9 Å². The van der Waals surface area contributed by atoms with Crippen LogP contribution >= 0.6 is 11.8 Å². The molecule has 1 aliphatic rings. The summed E-state index contributed by atoms with van der Waals surface area (Å²) in [4.78, 5) is 47.9. The minimum absolute atomic E-state index is 0.00950. The molecule has 6 nitrogen and oxygen atoms in total. The van der Waals surface area contributed by atoms with Gasteiger partial charge < -0.3 is 0 Å². The maximum absolute atomic E-state index is 12.3. The third-order valence-electron chi connectivity index (χ3n) is 4.62. The number of carbonyl (C=O) groups excluding carboxylic acids is 3. The number of unbranched alkanes of at least 4 members (excludes halogenated alkanes) is 1. The van der Waals surface area contributed by atoms with Crippen LogP contribution in [0.2, 0.25) is 0 Å². The fourth-order valence-corrected chi connectivity index (χ4v) is 4.25. The molecule has 0 spiro atoms. The van der Waals surface area contributed by atoms with Gasteiger partial charge in [-0.3, -0.25) is 24.5 Å². The van der Waals surface area contributed by atoms with Gasteiger partial charge in [0.25, 0.3) is 5.69 Å². The molecule has 0 atom stereocenters. The molecule has 0 heterocycles. The number of nitro benzene ring substituents is 1. The van der Waals surface area contributed by atoms with E-state index in [0.29, 0.717) is 10.5 Å². The van der Waals surface area contributed by atoms with Gasteiger partial charge in [0.2, 0.25) is 0 Å². The summed E-state index contributed by atoms with van der Waals surface area (Å²) in [5.41, 5.74) is 0.621. The SMILES string of the molecule is CCCCSc1ccc(C2CC(=O)C(C(=O)CC)C(=O)C2)cc1[N+](=O)[O-]. The van der Waals surface area contributed by atoms with Crippen LogP contribution in [0.5, 0.6) is 0 Å². The maximum atomic E-state index is 12.3. The fraction of sp³-hybridized carbons (Fsp3) is 0.526. The average molecular weight is 377 g/mol. The summed E-state index contributed by atoms with van der Waals surface area (Å²) in [7, 11) is 0. The van der Waals surface area contributed by atoms with Crippen LogP contribution in [0.1, 0.15) is 57.4 Å². The van der Waals surface area contributed by atoms with Crippen molar-refractivity contribution in [2.24, 2.45) is 5.92 Å². The van der Waals surface area contributed by atoms with Gasteiger partial charge in [0.1, 0.15) is 5.92 Å². The molecule has 1 fully saturated rings. The Morgan fingerprint density at radius 2 is 1.88 bits per heavy atom. The summed E-state index contributed by atoms with van der Waals surface area (Å²) in [6.07, 6.45) is 2.29. The van der Waals surface area contributed by atoms with E-state index in [1.807, 2.05) is 0 Å². The van der Waals surface area contributed by atoms with Crippen LogP contribution in [0.4, 0.5) is 5.69 Å². The molecule has 26 heavy (non-hydrogen) atoms. The van der Waals surface area contributed by atoms with Gasteiger partial charge in [-0.1, -0.05) is 26.3 Å². The first kappa shape index (κ1) is 20.3. The second-order valence-electron chi connectivity index (χ2n) is 6.48. The second kappa shape index (κ2) is 9.07. The van der Waals surface area contributed by atoms with Crippen LogP contribution < -0.4 is 0 Å². The van der Waals surface area contributed by atoms with E-state index in [-0.39, 0.29) is 42.3 Å². The molecule has 0 N–H and O–H groups in total. The number of ketones is 3. The Morgan fingerprint density at radius 3 is 2.42 bits per heavy atom. The molecule has 7 heteroatoms. The van der Waals surface area contributed by atoms with E-state index in [1.54, 1.807) is 19.1 Å². The van der Waals surface area contributed by atoms with Crippen molar-refractivity contribution in [3.8, 4) is 0 Å². The molecule has 0 unspecified atom stereocenters. The number of nitrogens with zero attached hydrogens (tertiary/aromatic N) is 1. The summed E-state index contributed by atoms with van der Waals surface area (Å²) in [6, 6.07) is 4.93. The lowest BCUT2D eigenvalue weighted by atomic mass is 9.75. The standard InChI is InChI=1S/C19H23NO5S/c1-3-5-8-26-18-7-6-12(9-14(18)20(24)25)13-10-16(22)19(15(21)4-2)17(23)11-13/h6-7,9,13,19H,3-5,8,10-11H2,1-2H3. The van der Waals surface area contributed by atoms with Crippen LogP contribution in [0.3, 0.4) is 0 Å². The third kappa shape index (κ3) is 4.58. The Balaban J connectivity index is 2.22. The molecule has 140 valence electrons. The molecule has 1 aromatic rings. The number of Topliss-reactive ketones (excluding diaryl/α,β-unsaturated/α-hetero) is 3. The first-order valence-corrected chi connectivity index (χ1v) is 9.86. The largest absolute Gasteiger partial charge is 0.298 e. The molecule has 0 amide bonds. The lowest BCUT2D eigenvalue weighted by Crippen LogP contribution is -2.37. The Labute approximate surface area is 156 Å². The summed E-state index contributed by atoms with van der Waals surface area (Å²) in [5.74, 6) is -1.83. The molecule has 0 bridgehead atoms. The zero-order valence-corrected chi connectivity index (χ0v) is 15.8. The van der Waals surface area contributed by atoms with E-state index in [4.69, 9.17) is 0 Å². The van der Waals surface area contributed by atoms with Crippen LogP contribution in [-0.4, -0.2) is 28.0 Å². The average Bonchev–Trinajstić information content (AvgIpc) is 2.61. The van der Waals surface area contributed by atoms with Crippen LogP contribution in [0.15, 0.2) is 23.1 Å². The van der Waals surface area contributed by atoms with Crippen molar-refractivity contribution in [2.45, 2.75) is 56.8 Å². The van der Waals surface area contributed by atoms with Crippen molar-refractivity contribution in [1.82, 2.24) is 0 Å². The van der Waals surface area contributed by atoms with Gasteiger partial charge in [0, 0.05) is 25.3 Å². The van der Waals surface area contributed by atoms with Crippen LogP contribution in [0.25, 0.3) is 0 Å². The molecule has 1 saturated carbocycles. The van der Waals surface area contributed by atoms with Crippen molar-refractivity contribution in [1.29, 1.82) is 0 Å². The van der Waals surface area contributed by atoms with Crippen molar-refractivity contribution >= 4 is 34.8 Å². The van der Waals surface area contributed by atoms with Gasteiger partial charge in [0.05, 0.1) is 9.82 Å². The summed E-state index contributed by atoms with van der Waals surface area (Å²) in [6.45, 7) is 3.69. The minimum Gasteiger partial charge on any atom is -0.298 e. The first-order chi connectivity index (χ1) is 12.4. The molecule has 2 rings (SSSR count). The van der Waals surface area contributed by atoms with Gasteiger partial charge in [0.15, 0.2) is 17.3 Å². The number of rotatable bonds is 8. The number of hydrogen-bond acceptors (Lipinski definition) is 6. The van der Waals surface area contributed by atoms with Gasteiger partial charge in [-0.15, -0.1) is 11.8 Å². The van der Waals surface area contributed by atoms with E-state index in [0.717, 1.165) is 18.6 Å². The monoisotopic (exact) mass is 377 g/mol. The van der Waals surface area contributed by atoms with Crippen LogP contribution in [-0.2, 0) is 14.4 Å². The smallest absolute Gasteiger partial charge is 0.283 e. The summed E-state index contributed by atoms with van der Waals surface area (Å²) >= 11 is 1.44. The zero-order valence-electron chi connectivity index (χ0n) is 15.0. The fourth-order valence-electron chi connectivity index (χ4n) is 3.15. The lowest BCUT2D eigenvalue weighted by molar-refractivity contribution is -0.387. The molecule has 1 aromatic carbocycles. The van der Waals surface area contributed by atoms with E-state index >= 15 is 0 Å². The predicted molar refractivity (Wildman–Crippen MR) is 99.5 cm³/mol. The van der Waals surface area contributed by atoms with E-state index < -0.39 is 16.8 Å². The highest BCUT2D eigenvalue weighted by Gasteiger charge is 2.39. The Hall–Kier alpha value is -2.02. The van der Waals surface area contributed by atoms with Gasteiger partial charge >= 0.3 is 0 Å². The first-order valence-electron chi connectivity index (χ1n) is 8.88. The quantitative estimate of drug-likeness (QED) is 0.223. The van der Waals surface area contributed by atoms with Crippen molar-refractivity contribution in [3.63, 3.8) is 0 Å². The number of thioether (sulfide) groups is 1. The number of hydrogen-bond donors (Lipinski definition) is 0. The van der Waals surface area contributed by atoms with Gasteiger partial charge in [-0.05, 0) is 29.7 Å². The van der Waals surface area contributed by atoms with Gasteiger partial charge in [-0.25, -0.2) is 0 Å². The molecular weight excluding hydrogens is 354 g/mol. The lowest BCUT2D eigenvalue weighted by Gasteiger charge is -2.25. The van der Waals surface area contributed by atoms with Crippen molar-refractivity contribution in [2.75, 3.05) is 5.75 Å². The normalized spacial score (nSPS) is 20.2. The van der Waals surface area contributed by atoms with E-state index in [1.165, 1.54) is 17.8 Å². The molecule has 0 aliphatic heterocycles. The minimum atomic E-state index is -1.14. The Bertz CT molecular complexity index is 713. The zero-order chi connectivity index (χ0) is 19.3. The van der Waals surface area contributed by atoms with Gasteiger partial charge in [-0.2, -0.15) is 0 Å². The Kier molecular flexibility index (Phi) is 7.08. The Morgan fingerprint density at radius 1 is 1.23 bits per heavy atom. The predicted octanol–water partition coefficient (Wildman–Crippen LogP) is 4.10. The van der Waals surface area contributed by atoms with E-state index in [9.17, 15) is 24.5 Å². The van der Waals surface area contributed by atoms with Crippen molar-refractivity contribution < 1.29 is 19.3 Å². The second-order valence-corrected chi connectivity index (χ2v) is 7.61. The third-order valence-corrected chi connectivity index (χ3v) is 5.77. The highest BCUT2D eigenvalue weighted by Crippen LogP contribution is 2.37. The van der Waals surface area contributed by atoms with Crippen LogP contribution in [0, 0.1) is 16.0 Å². The van der Waals surface area contributed by atoms with E-state index in [2.05, 4.69) is 6.92 Å². The number of carbonyl (C=O) groups is 3. The maximum Gasteiger partial charge on any atom is 0.283 e. The highest BCUT2D eigenvalue weighted by molar-refractivity contribution is 7.99. The molecule has 1 aliphatic carbocycles. The number of nitro groups is 1. The molecular formula is C19H23NO5S. The summed E-state index contributed by atoms with van der Waals surface area (Å²) < 4.78 is 0. The highest BCUT2D eigenvalue weighted by atomic mass is 32.2. The summed E-state index contributed by atoms with van der Waals surface area (Å²) in [5, 5.41) is 11.4. The molecule has 0 aromatic heterocycles. The molecule has 0 saturated heterocycles. The molecule has 0 radical (unpaired) electrons. The topological polar surface area (TPSA) is 94.3 Å². The number of benzene rings is 1.